The van der Waals surface area contributed by atoms with E-state index in [0.717, 1.165) is 67.2 Å². The Kier molecular flexibility index (Phi) is 17.0. The predicted octanol–water partition coefficient (Wildman–Crippen LogP) is 5.85. The van der Waals surface area contributed by atoms with E-state index in [9.17, 15) is 13.6 Å². The number of halogens is 2. The first-order chi connectivity index (χ1) is 20.2. The summed E-state index contributed by atoms with van der Waals surface area (Å²) in [5.74, 6) is -2.30. The summed E-state index contributed by atoms with van der Waals surface area (Å²) in [6.45, 7) is 8.36. The SMILES string of the molecule is C=NC1=C(SCC(C)(F)F)CCN(CCC2CCCCC2)C1.CO.NC(=O)Cc1nnc(COCc2ccccc2)s1. The van der Waals surface area contributed by atoms with E-state index in [4.69, 9.17) is 15.6 Å². The predicted molar refractivity (Wildman–Crippen MR) is 168 cm³/mol. The zero-order chi connectivity index (χ0) is 30.8. The zero-order valence-corrected chi connectivity index (χ0v) is 26.4. The van der Waals surface area contributed by atoms with Crippen molar-refractivity contribution in [3.8, 4) is 0 Å². The van der Waals surface area contributed by atoms with Gasteiger partial charge in [-0.15, -0.1) is 22.0 Å². The number of benzene rings is 1. The van der Waals surface area contributed by atoms with Gasteiger partial charge in [-0.25, -0.2) is 8.78 Å². The molecule has 1 saturated carbocycles. The van der Waals surface area contributed by atoms with Crippen molar-refractivity contribution in [2.75, 3.05) is 32.5 Å². The van der Waals surface area contributed by atoms with Crippen LogP contribution in [0.5, 0.6) is 0 Å². The minimum absolute atomic E-state index is 0.135. The molecule has 8 nitrogen and oxygen atoms in total. The molecule has 0 radical (unpaired) electrons. The smallest absolute Gasteiger partial charge is 0.254 e. The van der Waals surface area contributed by atoms with Gasteiger partial charge in [-0.1, -0.05) is 73.8 Å². The van der Waals surface area contributed by atoms with Crippen LogP contribution in [-0.2, 0) is 29.2 Å². The number of aromatic nitrogens is 2. The Morgan fingerprint density at radius 3 is 2.52 bits per heavy atom. The van der Waals surface area contributed by atoms with E-state index in [1.54, 1.807) is 0 Å². The van der Waals surface area contributed by atoms with Gasteiger partial charge in [-0.05, 0) is 37.6 Å². The van der Waals surface area contributed by atoms with Gasteiger partial charge in [0, 0.05) is 32.0 Å². The van der Waals surface area contributed by atoms with Gasteiger partial charge in [0.25, 0.3) is 5.92 Å². The molecule has 0 bridgehead atoms. The van der Waals surface area contributed by atoms with Crippen LogP contribution in [0.15, 0.2) is 45.9 Å². The van der Waals surface area contributed by atoms with Crippen LogP contribution in [0.4, 0.5) is 8.78 Å². The first-order valence-corrected chi connectivity index (χ1v) is 16.1. The van der Waals surface area contributed by atoms with Crippen LogP contribution in [0.25, 0.3) is 0 Å². The van der Waals surface area contributed by atoms with E-state index < -0.39 is 11.8 Å². The molecular formula is C30H45F2N5O3S2. The van der Waals surface area contributed by atoms with E-state index in [1.165, 1.54) is 61.6 Å². The van der Waals surface area contributed by atoms with Gasteiger partial charge in [0.15, 0.2) is 0 Å². The lowest BCUT2D eigenvalue weighted by Crippen LogP contribution is -2.33. The molecule has 0 spiro atoms. The van der Waals surface area contributed by atoms with Crippen LogP contribution in [0.1, 0.15) is 67.4 Å². The highest BCUT2D eigenvalue weighted by molar-refractivity contribution is 8.03. The summed E-state index contributed by atoms with van der Waals surface area (Å²) in [4.78, 5) is 18.2. The van der Waals surface area contributed by atoms with Gasteiger partial charge in [0.05, 0.1) is 24.5 Å². The number of ether oxygens (including phenoxy) is 1. The van der Waals surface area contributed by atoms with Crippen LogP contribution >= 0.6 is 23.1 Å². The topological polar surface area (TPSA) is 114 Å². The van der Waals surface area contributed by atoms with Crippen molar-refractivity contribution in [2.45, 2.75) is 77.4 Å². The Morgan fingerprint density at radius 2 is 1.88 bits per heavy atom. The lowest BCUT2D eigenvalue weighted by atomic mass is 9.87. The van der Waals surface area contributed by atoms with Crippen molar-refractivity contribution in [3.63, 3.8) is 0 Å². The van der Waals surface area contributed by atoms with Crippen molar-refractivity contribution in [1.29, 1.82) is 0 Å². The highest BCUT2D eigenvalue weighted by atomic mass is 32.2. The molecule has 2 aliphatic rings. The number of thioether (sulfide) groups is 1. The maximum Gasteiger partial charge on any atom is 0.254 e. The first kappa shape index (κ1) is 35.9. The van der Waals surface area contributed by atoms with Crippen molar-refractivity contribution in [2.24, 2.45) is 16.6 Å². The van der Waals surface area contributed by atoms with Crippen molar-refractivity contribution < 1.29 is 23.4 Å². The molecule has 0 unspecified atom stereocenters. The normalized spacial score (nSPS) is 16.2. The number of hydrogen-bond acceptors (Lipinski definition) is 9. The zero-order valence-electron chi connectivity index (χ0n) is 24.8. The largest absolute Gasteiger partial charge is 0.400 e. The second-order valence-corrected chi connectivity index (χ2v) is 12.6. The fourth-order valence-electron chi connectivity index (χ4n) is 4.72. The van der Waals surface area contributed by atoms with E-state index in [1.807, 2.05) is 30.3 Å². The molecule has 12 heteroatoms. The number of aliphatic imine (C=N–C) groups is 1. The number of alkyl halides is 2. The fraction of sp³-hybridized carbons (Fsp3) is 0.600. The molecule has 1 aromatic heterocycles. The molecule has 3 N–H and O–H groups in total. The Balaban J connectivity index is 0.000000282. The number of aliphatic hydroxyl groups excluding tert-OH is 1. The first-order valence-electron chi connectivity index (χ1n) is 14.3. The molecule has 4 rings (SSSR count). The van der Waals surface area contributed by atoms with Gasteiger partial charge in [-0.2, -0.15) is 0 Å². The van der Waals surface area contributed by atoms with Crippen LogP contribution in [0.3, 0.4) is 0 Å². The fourth-order valence-corrected chi connectivity index (χ4v) is 6.47. The van der Waals surface area contributed by atoms with E-state index >= 15 is 0 Å². The van der Waals surface area contributed by atoms with E-state index in [0.29, 0.717) is 18.2 Å². The summed E-state index contributed by atoms with van der Waals surface area (Å²) >= 11 is 2.60. The Bertz CT molecular complexity index is 1090. The van der Waals surface area contributed by atoms with Crippen molar-refractivity contribution >= 4 is 35.7 Å². The summed E-state index contributed by atoms with van der Waals surface area (Å²) in [6, 6.07) is 9.89. The molecule has 0 saturated heterocycles. The highest BCUT2D eigenvalue weighted by Crippen LogP contribution is 2.33. The van der Waals surface area contributed by atoms with Crippen molar-refractivity contribution in [3.05, 3.63) is 56.5 Å². The van der Waals surface area contributed by atoms with Crippen LogP contribution in [-0.4, -0.2) is 71.2 Å². The average Bonchev–Trinajstić information content (AvgIpc) is 3.43. The molecule has 0 atom stereocenters. The number of nitrogens with zero attached hydrogens (tertiary/aromatic N) is 4. The molecule has 1 aromatic carbocycles. The molecule has 2 heterocycles. The molecule has 42 heavy (non-hydrogen) atoms. The van der Waals surface area contributed by atoms with Gasteiger partial charge in [0.2, 0.25) is 5.91 Å². The third kappa shape index (κ3) is 14.8. The third-order valence-corrected chi connectivity index (χ3v) is 9.13. The second-order valence-electron chi connectivity index (χ2n) is 10.4. The second kappa shape index (κ2) is 19.8. The third-order valence-electron chi connectivity index (χ3n) is 6.79. The minimum Gasteiger partial charge on any atom is -0.400 e. The molecule has 1 amide bonds. The lowest BCUT2D eigenvalue weighted by molar-refractivity contribution is -0.117. The van der Waals surface area contributed by atoms with Crippen LogP contribution < -0.4 is 5.73 Å². The molecule has 2 aromatic rings. The summed E-state index contributed by atoms with van der Waals surface area (Å²) in [6.07, 6.45) is 9.16. The summed E-state index contributed by atoms with van der Waals surface area (Å²) in [5.41, 5.74) is 7.10. The molecule has 1 fully saturated rings. The van der Waals surface area contributed by atoms with Crippen LogP contribution in [0.2, 0.25) is 0 Å². The summed E-state index contributed by atoms with van der Waals surface area (Å²) in [7, 11) is 1.00. The number of carbonyl (C=O) groups excluding carboxylic acids is 1. The quantitative estimate of drug-likeness (QED) is 0.268. The van der Waals surface area contributed by atoms with Gasteiger partial charge in [0.1, 0.15) is 16.6 Å². The number of amides is 1. The number of nitrogens with two attached hydrogens (primary N) is 1. The molecule has 1 aliphatic heterocycles. The number of carbonyl (C=O) groups is 1. The lowest BCUT2D eigenvalue weighted by Gasteiger charge is -2.31. The van der Waals surface area contributed by atoms with Crippen LogP contribution in [0, 0.1) is 5.92 Å². The van der Waals surface area contributed by atoms with Gasteiger partial charge < -0.3 is 15.6 Å². The summed E-state index contributed by atoms with van der Waals surface area (Å²) in [5, 5.41) is 16.2. The Hall–Kier alpha value is -2.25. The Morgan fingerprint density at radius 1 is 1.19 bits per heavy atom. The highest BCUT2D eigenvalue weighted by Gasteiger charge is 2.25. The number of aliphatic hydroxyl groups is 1. The average molecular weight is 626 g/mol. The number of rotatable bonds is 13. The standard InChI is InChI=1S/C17H28F2N2S.C12H13N3O2S.CH4O/c1-17(18,19)13-22-16-9-11-21(12-15(16)20-2)10-8-14-6-4-3-5-7-14;13-10(16)6-11-14-15-12(18-11)8-17-7-9-4-2-1-3-5-9;1-2/h14H,2-13H2,1H3;1-5H,6-8H2,(H2,13,16);2H,1H3. The molecule has 1 aliphatic carbocycles. The van der Waals surface area contributed by atoms with Crippen molar-refractivity contribution in [1.82, 2.24) is 15.1 Å². The minimum atomic E-state index is -2.62. The van der Waals surface area contributed by atoms with E-state index in [2.05, 4.69) is 26.8 Å². The van der Waals surface area contributed by atoms with Gasteiger partial charge >= 0.3 is 0 Å². The summed E-state index contributed by atoms with van der Waals surface area (Å²) < 4.78 is 31.5. The maximum atomic E-state index is 13.0. The number of primary amides is 1. The monoisotopic (exact) mass is 625 g/mol. The van der Waals surface area contributed by atoms with E-state index in [-0.39, 0.29) is 12.2 Å². The number of hydrogen-bond donors (Lipinski definition) is 2. The Labute approximate surface area is 256 Å². The maximum absolute atomic E-state index is 13.0. The van der Waals surface area contributed by atoms with Gasteiger partial charge in [-0.3, -0.25) is 14.7 Å². The molecular weight excluding hydrogens is 580 g/mol. The molecule has 234 valence electrons.